The first kappa shape index (κ1) is 18.4. The van der Waals surface area contributed by atoms with Gasteiger partial charge in [-0.1, -0.05) is 6.42 Å². The summed E-state index contributed by atoms with van der Waals surface area (Å²) in [6.07, 6.45) is 3.99. The number of anilines is 2. The fraction of sp³-hybridized carbons (Fsp3) is 0.333. The topological polar surface area (TPSA) is 52.7 Å². The molecule has 0 radical (unpaired) electrons. The van der Waals surface area contributed by atoms with Crippen LogP contribution < -0.4 is 10.2 Å². The molecule has 2 amide bonds. The molecule has 2 aliphatic rings. The first-order valence-electron chi connectivity index (χ1n) is 9.40. The highest BCUT2D eigenvalue weighted by Crippen LogP contribution is 2.34. The second-order valence-electron chi connectivity index (χ2n) is 7.25. The number of rotatable bonds is 2. The minimum atomic E-state index is -0.714. The molecule has 5 nitrogen and oxygen atoms in total. The van der Waals surface area contributed by atoms with Crippen molar-refractivity contribution >= 4 is 23.2 Å². The summed E-state index contributed by atoms with van der Waals surface area (Å²) in [4.78, 5) is 29.4. The maximum Gasteiger partial charge on any atom is 0.257 e. The molecule has 7 heteroatoms. The van der Waals surface area contributed by atoms with Gasteiger partial charge in [-0.15, -0.1) is 0 Å². The third kappa shape index (κ3) is 3.21. The number of benzene rings is 2. The first-order chi connectivity index (χ1) is 13.5. The van der Waals surface area contributed by atoms with Gasteiger partial charge >= 0.3 is 0 Å². The molecule has 0 bridgehead atoms. The van der Waals surface area contributed by atoms with Gasteiger partial charge in [0.1, 0.15) is 17.8 Å². The van der Waals surface area contributed by atoms with E-state index in [0.717, 1.165) is 50.4 Å². The Balaban J connectivity index is 1.64. The van der Waals surface area contributed by atoms with Crippen molar-refractivity contribution < 1.29 is 18.4 Å². The van der Waals surface area contributed by atoms with E-state index in [1.807, 2.05) is 16.8 Å². The van der Waals surface area contributed by atoms with Crippen LogP contribution in [-0.2, 0) is 0 Å². The van der Waals surface area contributed by atoms with Crippen molar-refractivity contribution in [3.05, 3.63) is 59.2 Å². The normalized spacial score (nSPS) is 19.0. The zero-order valence-corrected chi connectivity index (χ0v) is 15.5. The van der Waals surface area contributed by atoms with Crippen LogP contribution in [0.5, 0.6) is 0 Å². The van der Waals surface area contributed by atoms with Crippen molar-refractivity contribution in [3.8, 4) is 0 Å². The number of carbonyl (C=O) groups is 2. The van der Waals surface area contributed by atoms with Crippen LogP contribution in [0.4, 0.5) is 20.2 Å². The molecule has 28 heavy (non-hydrogen) atoms. The summed E-state index contributed by atoms with van der Waals surface area (Å²) in [6.45, 7) is 0.731. The Hall–Kier alpha value is -2.96. The van der Waals surface area contributed by atoms with Crippen LogP contribution in [0, 0.1) is 11.6 Å². The number of hydrogen-bond acceptors (Lipinski definition) is 3. The third-order valence-electron chi connectivity index (χ3n) is 5.48. The Morgan fingerprint density at radius 1 is 1.11 bits per heavy atom. The van der Waals surface area contributed by atoms with Crippen molar-refractivity contribution in [1.82, 2.24) is 4.90 Å². The van der Waals surface area contributed by atoms with Gasteiger partial charge in [-0.2, -0.15) is 0 Å². The number of halogens is 2. The summed E-state index contributed by atoms with van der Waals surface area (Å²) >= 11 is 0. The highest BCUT2D eigenvalue weighted by molar-refractivity contribution is 6.08. The second kappa shape index (κ2) is 7.22. The van der Waals surface area contributed by atoms with Crippen molar-refractivity contribution in [3.63, 3.8) is 0 Å². The van der Waals surface area contributed by atoms with E-state index in [-0.39, 0.29) is 23.3 Å². The maximum absolute atomic E-state index is 13.8. The predicted molar refractivity (Wildman–Crippen MR) is 102 cm³/mol. The van der Waals surface area contributed by atoms with Gasteiger partial charge < -0.3 is 15.1 Å². The largest absolute Gasteiger partial charge is 0.354 e. The number of fused-ring (bicyclic) bond motifs is 2. The molecule has 146 valence electrons. The molecule has 1 saturated heterocycles. The summed E-state index contributed by atoms with van der Waals surface area (Å²) in [5.41, 5.74) is 1.29. The molecule has 0 aliphatic carbocycles. The van der Waals surface area contributed by atoms with Gasteiger partial charge in [0.2, 0.25) is 0 Å². The van der Waals surface area contributed by atoms with E-state index < -0.39 is 17.5 Å². The van der Waals surface area contributed by atoms with Crippen LogP contribution in [0.15, 0.2) is 36.4 Å². The maximum atomic E-state index is 13.8. The van der Waals surface area contributed by atoms with Gasteiger partial charge in [0.25, 0.3) is 11.8 Å². The van der Waals surface area contributed by atoms with Gasteiger partial charge in [-0.05, 0) is 49.6 Å². The monoisotopic (exact) mass is 385 g/mol. The average molecular weight is 385 g/mol. The van der Waals surface area contributed by atoms with E-state index in [1.165, 1.54) is 6.07 Å². The Bertz CT molecular complexity index is 947. The SMILES string of the molecule is CN1c2cc(C(=O)Nc3cc(F)ccc3F)ccc2C(=O)N2CCCCCC21. The zero-order valence-electron chi connectivity index (χ0n) is 15.5. The van der Waals surface area contributed by atoms with E-state index in [9.17, 15) is 18.4 Å². The zero-order chi connectivity index (χ0) is 19.8. The van der Waals surface area contributed by atoms with Crippen molar-refractivity contribution in [2.45, 2.75) is 31.8 Å². The minimum Gasteiger partial charge on any atom is -0.354 e. The molecule has 1 unspecified atom stereocenters. The molecule has 1 atom stereocenters. The van der Waals surface area contributed by atoms with Gasteiger partial charge in [0, 0.05) is 25.2 Å². The van der Waals surface area contributed by atoms with E-state index in [2.05, 4.69) is 5.32 Å². The minimum absolute atomic E-state index is 0.0249. The summed E-state index contributed by atoms with van der Waals surface area (Å²) < 4.78 is 27.2. The number of nitrogens with one attached hydrogen (secondary N) is 1. The van der Waals surface area contributed by atoms with Crippen LogP contribution in [-0.4, -0.2) is 36.5 Å². The summed E-state index contributed by atoms with van der Waals surface area (Å²) in [6, 6.07) is 7.70. The average Bonchev–Trinajstić information content (AvgIpc) is 2.95. The summed E-state index contributed by atoms with van der Waals surface area (Å²) in [5.74, 6) is -1.94. The number of amides is 2. The molecule has 2 aromatic carbocycles. The molecule has 4 rings (SSSR count). The Morgan fingerprint density at radius 3 is 2.75 bits per heavy atom. The Labute approximate surface area is 161 Å². The van der Waals surface area contributed by atoms with E-state index in [1.54, 1.807) is 12.1 Å². The van der Waals surface area contributed by atoms with E-state index in [4.69, 9.17) is 0 Å². The molecule has 2 aromatic rings. The molecule has 2 heterocycles. The molecule has 1 fully saturated rings. The molecule has 1 N–H and O–H groups in total. The van der Waals surface area contributed by atoms with Crippen LogP contribution >= 0.6 is 0 Å². The van der Waals surface area contributed by atoms with Crippen molar-refractivity contribution in [1.29, 1.82) is 0 Å². The lowest BCUT2D eigenvalue weighted by atomic mass is 10.0. The fourth-order valence-electron chi connectivity index (χ4n) is 3.98. The van der Waals surface area contributed by atoms with Crippen molar-refractivity contribution in [2.75, 3.05) is 23.8 Å². The van der Waals surface area contributed by atoms with Gasteiger partial charge in [-0.25, -0.2) is 8.78 Å². The lowest BCUT2D eigenvalue weighted by Gasteiger charge is -2.43. The lowest BCUT2D eigenvalue weighted by Crippen LogP contribution is -2.53. The molecule has 0 spiro atoms. The summed E-state index contributed by atoms with van der Waals surface area (Å²) in [7, 11) is 1.92. The number of hydrogen-bond donors (Lipinski definition) is 1. The van der Waals surface area contributed by atoms with Crippen LogP contribution in [0.1, 0.15) is 46.4 Å². The van der Waals surface area contributed by atoms with Crippen LogP contribution in [0.25, 0.3) is 0 Å². The Morgan fingerprint density at radius 2 is 1.93 bits per heavy atom. The Kier molecular flexibility index (Phi) is 4.75. The fourth-order valence-corrected chi connectivity index (χ4v) is 3.98. The van der Waals surface area contributed by atoms with E-state index >= 15 is 0 Å². The molecule has 2 aliphatic heterocycles. The van der Waals surface area contributed by atoms with Gasteiger partial charge in [0.15, 0.2) is 0 Å². The van der Waals surface area contributed by atoms with Crippen LogP contribution in [0.3, 0.4) is 0 Å². The van der Waals surface area contributed by atoms with Gasteiger partial charge in [0.05, 0.1) is 16.9 Å². The number of carbonyl (C=O) groups excluding carboxylic acids is 2. The lowest BCUT2D eigenvalue weighted by molar-refractivity contribution is 0.0661. The second-order valence-corrected chi connectivity index (χ2v) is 7.25. The quantitative estimate of drug-likeness (QED) is 0.850. The third-order valence-corrected chi connectivity index (χ3v) is 5.48. The highest BCUT2D eigenvalue weighted by atomic mass is 19.1. The molecule has 0 aromatic heterocycles. The first-order valence-corrected chi connectivity index (χ1v) is 9.40. The highest BCUT2D eigenvalue weighted by Gasteiger charge is 2.36. The van der Waals surface area contributed by atoms with E-state index in [0.29, 0.717) is 11.3 Å². The predicted octanol–water partition coefficient (Wildman–Crippen LogP) is 4.01. The molecule has 0 saturated carbocycles. The summed E-state index contributed by atoms with van der Waals surface area (Å²) in [5, 5.41) is 2.40. The molecular formula is C21H21F2N3O2. The number of nitrogens with zero attached hydrogens (tertiary/aromatic N) is 2. The van der Waals surface area contributed by atoms with Crippen molar-refractivity contribution in [2.24, 2.45) is 0 Å². The van der Waals surface area contributed by atoms with Crippen LogP contribution in [0.2, 0.25) is 0 Å². The smallest absolute Gasteiger partial charge is 0.257 e. The standard InChI is InChI=1S/C21H21F2N3O2/c1-25-18-11-13(20(27)24-17-12-14(22)7-9-16(17)23)6-8-15(18)21(28)26-10-4-2-3-5-19(25)26/h6-9,11-12,19H,2-5,10H2,1H3,(H,24,27). The molecular weight excluding hydrogens is 364 g/mol. The van der Waals surface area contributed by atoms with Gasteiger partial charge in [-0.3, -0.25) is 9.59 Å².